The highest BCUT2D eigenvalue weighted by atomic mass is 19.3. The summed E-state index contributed by atoms with van der Waals surface area (Å²) < 4.78 is 30.6. The maximum atomic E-state index is 12.6. The van der Waals surface area contributed by atoms with E-state index in [-0.39, 0.29) is 25.4 Å². The Morgan fingerprint density at radius 3 is 2.12 bits per heavy atom. The smallest absolute Gasteiger partial charge is 0.407 e. The van der Waals surface area contributed by atoms with Gasteiger partial charge in [0.2, 0.25) is 12.3 Å². The van der Waals surface area contributed by atoms with Crippen molar-refractivity contribution in [3.8, 4) is 11.1 Å². The molecule has 1 unspecified atom stereocenters. The molecule has 0 radical (unpaired) electrons. The molecule has 174 valence electrons. The molecule has 2 aromatic rings. The van der Waals surface area contributed by atoms with E-state index in [2.05, 4.69) is 10.6 Å². The fraction of sp³-hybridized carbons (Fsp3) is 0.375. The molecule has 9 heteroatoms. The van der Waals surface area contributed by atoms with Crippen molar-refractivity contribution in [1.82, 2.24) is 10.6 Å². The normalized spacial score (nSPS) is 19.7. The molecule has 0 bridgehead atoms. The van der Waals surface area contributed by atoms with Gasteiger partial charge < -0.3 is 20.5 Å². The summed E-state index contributed by atoms with van der Waals surface area (Å²) in [6.45, 7) is 0.0139. The molecule has 2 aliphatic carbocycles. The fourth-order valence-corrected chi connectivity index (χ4v) is 4.45. The Morgan fingerprint density at radius 1 is 1.00 bits per heavy atom. The highest BCUT2D eigenvalue weighted by molar-refractivity contribution is 5.89. The summed E-state index contributed by atoms with van der Waals surface area (Å²) in [5.41, 5.74) is 4.16. The van der Waals surface area contributed by atoms with Gasteiger partial charge in [-0.2, -0.15) is 0 Å². The molecule has 2 aliphatic rings. The number of hydrogen-bond acceptors (Lipinski definition) is 4. The zero-order chi connectivity index (χ0) is 23.5. The molecule has 0 aliphatic heterocycles. The van der Waals surface area contributed by atoms with Crippen LogP contribution in [0.4, 0.5) is 13.6 Å². The molecule has 3 N–H and O–H groups in total. The van der Waals surface area contributed by atoms with Gasteiger partial charge in [0, 0.05) is 17.9 Å². The average molecular weight is 458 g/mol. The molecule has 7 nitrogen and oxygen atoms in total. The number of fused-ring (bicyclic) bond motifs is 3. The third-order valence-electron chi connectivity index (χ3n) is 6.21. The van der Waals surface area contributed by atoms with Gasteiger partial charge in [-0.1, -0.05) is 48.5 Å². The Hall–Kier alpha value is -3.49. The highest BCUT2D eigenvalue weighted by Crippen LogP contribution is 2.44. The average Bonchev–Trinajstić information content (AvgIpc) is 3.07. The number of alkyl halides is 2. The molecule has 0 saturated heterocycles. The first-order valence-electron chi connectivity index (χ1n) is 10.7. The van der Waals surface area contributed by atoms with E-state index in [1.807, 2.05) is 48.5 Å². The monoisotopic (exact) mass is 458 g/mol. The van der Waals surface area contributed by atoms with Crippen molar-refractivity contribution in [2.24, 2.45) is 5.92 Å². The zero-order valence-corrected chi connectivity index (χ0v) is 17.7. The molecule has 2 amide bonds. The van der Waals surface area contributed by atoms with Crippen molar-refractivity contribution < 1.29 is 33.0 Å². The number of benzene rings is 2. The lowest BCUT2D eigenvalue weighted by Gasteiger charge is -2.35. The maximum Gasteiger partial charge on any atom is 0.407 e. The third-order valence-corrected chi connectivity index (χ3v) is 6.21. The number of carbonyl (C=O) groups excluding carboxylic acids is 2. The molecule has 1 fully saturated rings. The predicted octanol–water partition coefficient (Wildman–Crippen LogP) is 3.53. The minimum absolute atomic E-state index is 0.0139. The van der Waals surface area contributed by atoms with Gasteiger partial charge in [0.25, 0.3) is 0 Å². The van der Waals surface area contributed by atoms with Gasteiger partial charge in [-0.25, -0.2) is 13.6 Å². The number of carbonyl (C=O) groups is 3. The summed E-state index contributed by atoms with van der Waals surface area (Å²) >= 11 is 0. The van der Waals surface area contributed by atoms with Crippen LogP contribution in [0.25, 0.3) is 11.1 Å². The fourth-order valence-electron chi connectivity index (χ4n) is 4.45. The molecule has 1 saturated carbocycles. The van der Waals surface area contributed by atoms with Gasteiger partial charge in [0.15, 0.2) is 0 Å². The number of carboxylic acid groups (broad SMARTS) is 1. The van der Waals surface area contributed by atoms with Crippen LogP contribution in [0, 0.1) is 5.92 Å². The third kappa shape index (κ3) is 4.97. The second kappa shape index (κ2) is 9.56. The SMILES string of the molecule is O=C(O)CC(NC(=O)OCC1c2ccccc2-c2ccccc21)C(=O)NC1CC(C(F)F)C1. The molecular weight excluding hydrogens is 434 g/mol. The van der Waals surface area contributed by atoms with E-state index in [1.54, 1.807) is 0 Å². The van der Waals surface area contributed by atoms with Crippen LogP contribution in [0.3, 0.4) is 0 Å². The van der Waals surface area contributed by atoms with Crippen molar-refractivity contribution in [1.29, 1.82) is 0 Å². The Bertz CT molecular complexity index is 1010. The molecule has 0 aromatic heterocycles. The number of amides is 2. The lowest BCUT2D eigenvalue weighted by molar-refractivity contribution is -0.140. The first kappa shape index (κ1) is 22.7. The number of carboxylic acids is 1. The lowest BCUT2D eigenvalue weighted by atomic mass is 9.80. The first-order valence-corrected chi connectivity index (χ1v) is 10.7. The number of aliphatic carboxylic acids is 1. The zero-order valence-electron chi connectivity index (χ0n) is 17.7. The number of halogens is 2. The van der Waals surface area contributed by atoms with Gasteiger partial charge in [-0.05, 0) is 35.1 Å². The summed E-state index contributed by atoms with van der Waals surface area (Å²) in [4.78, 5) is 36.1. The van der Waals surface area contributed by atoms with Crippen LogP contribution in [-0.4, -0.2) is 48.2 Å². The van der Waals surface area contributed by atoms with Crippen molar-refractivity contribution >= 4 is 18.0 Å². The van der Waals surface area contributed by atoms with Crippen molar-refractivity contribution in [2.45, 2.75) is 43.7 Å². The number of alkyl carbamates (subject to hydrolysis) is 1. The van der Waals surface area contributed by atoms with Crippen LogP contribution in [-0.2, 0) is 14.3 Å². The van der Waals surface area contributed by atoms with Crippen LogP contribution >= 0.6 is 0 Å². The number of rotatable bonds is 8. The van der Waals surface area contributed by atoms with E-state index in [0.717, 1.165) is 22.3 Å². The number of hydrogen-bond donors (Lipinski definition) is 3. The largest absolute Gasteiger partial charge is 0.481 e. The van der Waals surface area contributed by atoms with E-state index in [0.29, 0.717) is 0 Å². The van der Waals surface area contributed by atoms with Crippen LogP contribution in [0.5, 0.6) is 0 Å². The topological polar surface area (TPSA) is 105 Å². The predicted molar refractivity (Wildman–Crippen MR) is 115 cm³/mol. The molecule has 33 heavy (non-hydrogen) atoms. The second-order valence-electron chi connectivity index (χ2n) is 8.39. The Morgan fingerprint density at radius 2 is 1.58 bits per heavy atom. The van der Waals surface area contributed by atoms with Crippen LogP contribution in [0.2, 0.25) is 0 Å². The van der Waals surface area contributed by atoms with Gasteiger partial charge in [-0.15, -0.1) is 0 Å². The quantitative estimate of drug-likeness (QED) is 0.561. The Kier molecular flexibility index (Phi) is 6.57. The number of ether oxygens (including phenoxy) is 1. The summed E-state index contributed by atoms with van der Waals surface area (Å²) in [6.07, 6.45) is -3.78. The van der Waals surface area contributed by atoms with Gasteiger partial charge in [-0.3, -0.25) is 9.59 Å². The van der Waals surface area contributed by atoms with Gasteiger partial charge >= 0.3 is 12.1 Å². The van der Waals surface area contributed by atoms with Crippen LogP contribution in [0.1, 0.15) is 36.3 Å². The van der Waals surface area contributed by atoms with Crippen molar-refractivity contribution in [3.05, 3.63) is 59.7 Å². The maximum absolute atomic E-state index is 12.6. The minimum atomic E-state index is -2.45. The van der Waals surface area contributed by atoms with Crippen LogP contribution < -0.4 is 10.6 Å². The highest BCUT2D eigenvalue weighted by Gasteiger charge is 2.38. The first-order chi connectivity index (χ1) is 15.8. The standard InChI is InChI=1S/C24H24F2N2O5/c25-22(26)13-9-14(10-13)27-23(31)20(11-21(29)30)28-24(32)33-12-19-17-7-3-1-5-15(17)16-6-2-4-8-18(16)19/h1-8,13-14,19-20,22H,9-12H2,(H,27,31)(H,28,32)(H,29,30). The van der Waals surface area contributed by atoms with Gasteiger partial charge in [0.05, 0.1) is 6.42 Å². The van der Waals surface area contributed by atoms with E-state index in [9.17, 15) is 23.2 Å². The van der Waals surface area contributed by atoms with Crippen LogP contribution in [0.15, 0.2) is 48.5 Å². The molecular formula is C24H24F2N2O5. The molecule has 0 heterocycles. The Balaban J connectivity index is 1.36. The van der Waals surface area contributed by atoms with E-state index < -0.39 is 48.8 Å². The van der Waals surface area contributed by atoms with E-state index in [1.165, 1.54) is 0 Å². The summed E-state index contributed by atoms with van der Waals surface area (Å²) in [6, 6.07) is 13.8. The summed E-state index contributed by atoms with van der Waals surface area (Å²) in [5.74, 6) is -2.98. The summed E-state index contributed by atoms with van der Waals surface area (Å²) in [7, 11) is 0. The Labute approximate surface area is 189 Å². The molecule has 2 aromatic carbocycles. The van der Waals surface area contributed by atoms with Crippen molar-refractivity contribution in [3.63, 3.8) is 0 Å². The minimum Gasteiger partial charge on any atom is -0.481 e. The molecule has 0 spiro atoms. The molecule has 1 atom stereocenters. The summed E-state index contributed by atoms with van der Waals surface area (Å²) in [5, 5.41) is 14.0. The van der Waals surface area contributed by atoms with Crippen molar-refractivity contribution in [2.75, 3.05) is 6.61 Å². The lowest BCUT2D eigenvalue weighted by Crippen LogP contribution is -2.54. The van der Waals surface area contributed by atoms with E-state index in [4.69, 9.17) is 9.84 Å². The second-order valence-corrected chi connectivity index (χ2v) is 8.39. The molecule has 4 rings (SSSR count). The van der Waals surface area contributed by atoms with E-state index >= 15 is 0 Å². The number of nitrogens with one attached hydrogen (secondary N) is 2. The van der Waals surface area contributed by atoms with Gasteiger partial charge in [0.1, 0.15) is 12.6 Å².